The summed E-state index contributed by atoms with van der Waals surface area (Å²) in [5.74, 6) is 1.21. The largest absolute Gasteiger partial charge is 0.394 e. The van der Waals surface area contributed by atoms with Crippen molar-refractivity contribution >= 4 is 28.7 Å². The van der Waals surface area contributed by atoms with E-state index in [1.54, 1.807) is 11.6 Å². The summed E-state index contributed by atoms with van der Waals surface area (Å²) in [4.78, 5) is 13.2. The van der Waals surface area contributed by atoms with Crippen LogP contribution < -0.4 is 5.32 Å². The zero-order valence-electron chi connectivity index (χ0n) is 15.1. The van der Waals surface area contributed by atoms with Crippen LogP contribution in [-0.2, 0) is 10.5 Å². The van der Waals surface area contributed by atoms with Crippen LogP contribution in [0.25, 0.3) is 11.2 Å². The fourth-order valence-electron chi connectivity index (χ4n) is 3.22. The minimum atomic E-state index is -1.22. The van der Waals surface area contributed by atoms with Crippen LogP contribution in [0.5, 0.6) is 0 Å². The molecule has 2 aromatic heterocycles. The number of nitrogens with zero attached hydrogens (tertiary/aromatic N) is 4. The van der Waals surface area contributed by atoms with E-state index >= 15 is 0 Å². The Balaban J connectivity index is 1.76. The first kappa shape index (κ1) is 19.1. The number of aromatic nitrogens is 4. The molecule has 0 bridgehead atoms. The summed E-state index contributed by atoms with van der Waals surface area (Å²) < 4.78 is 7.39. The van der Waals surface area contributed by atoms with Crippen molar-refractivity contribution in [2.75, 3.05) is 19.0 Å². The predicted octanol–water partition coefficient (Wildman–Crippen LogP) is 0.772. The summed E-state index contributed by atoms with van der Waals surface area (Å²) in [6.07, 6.45) is -2.83. The molecule has 0 aliphatic carbocycles. The van der Waals surface area contributed by atoms with Crippen LogP contribution in [0, 0.1) is 0 Å². The number of hydrogen-bond acceptors (Lipinski definition) is 9. The van der Waals surface area contributed by atoms with Gasteiger partial charge in [0.05, 0.1) is 6.61 Å². The standard InChI is InChI=1S/C18H21N5O4S/c1-19-15-12-16(21-9-20-15)23(17-14(26)13(25)11(7-24)27-17)18(22-12)28-8-10-5-3-2-4-6-10/h2-6,9,11,13-14,17,24-26H,7-8H2,1H3,(H,19,20,21)/t11-,13-,14-,17-/m1/s1. The van der Waals surface area contributed by atoms with Crippen LogP contribution in [0.4, 0.5) is 5.82 Å². The molecule has 3 heterocycles. The normalized spacial score (nSPS) is 24.7. The van der Waals surface area contributed by atoms with Crippen LogP contribution in [0.2, 0.25) is 0 Å². The maximum atomic E-state index is 10.5. The van der Waals surface area contributed by atoms with E-state index in [2.05, 4.69) is 20.3 Å². The molecule has 148 valence electrons. The highest BCUT2D eigenvalue weighted by atomic mass is 32.2. The Kier molecular flexibility index (Phi) is 5.47. The lowest BCUT2D eigenvalue weighted by Gasteiger charge is -2.19. The van der Waals surface area contributed by atoms with Crippen molar-refractivity contribution in [3.05, 3.63) is 42.2 Å². The molecule has 0 radical (unpaired) electrons. The number of ether oxygens (including phenoxy) is 1. The number of fused-ring (bicyclic) bond motifs is 1. The number of aliphatic hydroxyl groups excluding tert-OH is 3. The number of thioether (sulfide) groups is 1. The minimum Gasteiger partial charge on any atom is -0.394 e. The number of anilines is 1. The van der Waals surface area contributed by atoms with Gasteiger partial charge in [0.25, 0.3) is 0 Å². The monoisotopic (exact) mass is 403 g/mol. The summed E-state index contributed by atoms with van der Waals surface area (Å²) in [6.45, 7) is -0.398. The molecule has 0 spiro atoms. The zero-order valence-corrected chi connectivity index (χ0v) is 16.0. The Bertz CT molecular complexity index is 954. The molecule has 0 saturated carbocycles. The predicted molar refractivity (Wildman–Crippen MR) is 104 cm³/mol. The first-order valence-corrected chi connectivity index (χ1v) is 9.82. The topological polar surface area (TPSA) is 126 Å². The summed E-state index contributed by atoms with van der Waals surface area (Å²) in [5.41, 5.74) is 2.13. The summed E-state index contributed by atoms with van der Waals surface area (Å²) >= 11 is 1.47. The molecular formula is C18H21N5O4S. The second kappa shape index (κ2) is 8.02. The molecule has 4 rings (SSSR count). The molecule has 4 atom stereocenters. The van der Waals surface area contributed by atoms with E-state index in [1.807, 2.05) is 30.3 Å². The second-order valence-corrected chi connectivity index (χ2v) is 7.35. The number of imidazole rings is 1. The number of rotatable bonds is 6. The van der Waals surface area contributed by atoms with E-state index < -0.39 is 31.1 Å². The van der Waals surface area contributed by atoms with Gasteiger partial charge >= 0.3 is 0 Å². The van der Waals surface area contributed by atoms with Gasteiger partial charge in [0.15, 0.2) is 28.4 Å². The van der Waals surface area contributed by atoms with Gasteiger partial charge in [-0.25, -0.2) is 15.0 Å². The van der Waals surface area contributed by atoms with Crippen LogP contribution in [0.1, 0.15) is 11.8 Å². The van der Waals surface area contributed by atoms with Gasteiger partial charge in [-0.3, -0.25) is 4.57 Å². The van der Waals surface area contributed by atoms with Crippen LogP contribution in [-0.4, -0.2) is 66.8 Å². The molecule has 1 aliphatic heterocycles. The van der Waals surface area contributed by atoms with Gasteiger partial charge in [-0.05, 0) is 5.56 Å². The lowest BCUT2D eigenvalue weighted by Crippen LogP contribution is -2.33. The summed E-state index contributed by atoms with van der Waals surface area (Å²) in [5, 5.41) is 33.7. The number of benzene rings is 1. The number of aliphatic hydroxyl groups is 3. The highest BCUT2D eigenvalue weighted by molar-refractivity contribution is 7.98. The van der Waals surface area contributed by atoms with Crippen LogP contribution >= 0.6 is 11.8 Å². The molecule has 3 aromatic rings. The van der Waals surface area contributed by atoms with Gasteiger partial charge in [-0.1, -0.05) is 42.1 Å². The highest BCUT2D eigenvalue weighted by Gasteiger charge is 2.45. The van der Waals surface area contributed by atoms with E-state index in [4.69, 9.17) is 4.74 Å². The minimum absolute atomic E-state index is 0.398. The lowest BCUT2D eigenvalue weighted by molar-refractivity contribution is -0.0548. The van der Waals surface area contributed by atoms with Gasteiger partial charge in [0, 0.05) is 12.8 Å². The van der Waals surface area contributed by atoms with Gasteiger partial charge < -0.3 is 25.4 Å². The molecule has 10 heteroatoms. The van der Waals surface area contributed by atoms with Crippen molar-refractivity contribution in [1.82, 2.24) is 19.5 Å². The van der Waals surface area contributed by atoms with E-state index in [0.29, 0.717) is 27.9 Å². The van der Waals surface area contributed by atoms with E-state index in [-0.39, 0.29) is 0 Å². The quantitative estimate of drug-likeness (QED) is 0.442. The Hall–Kier alpha value is -2.24. The number of nitrogens with one attached hydrogen (secondary N) is 1. The van der Waals surface area contributed by atoms with Crippen molar-refractivity contribution in [3.8, 4) is 0 Å². The molecule has 1 fully saturated rings. The number of hydrogen-bond donors (Lipinski definition) is 4. The maximum absolute atomic E-state index is 10.5. The molecule has 1 aromatic carbocycles. The van der Waals surface area contributed by atoms with Crippen molar-refractivity contribution in [3.63, 3.8) is 0 Å². The zero-order chi connectivity index (χ0) is 19.7. The first-order chi connectivity index (χ1) is 13.6. The van der Waals surface area contributed by atoms with Crippen molar-refractivity contribution in [2.24, 2.45) is 0 Å². The van der Waals surface area contributed by atoms with E-state index in [0.717, 1.165) is 5.56 Å². The van der Waals surface area contributed by atoms with Crippen molar-refractivity contribution in [1.29, 1.82) is 0 Å². The van der Waals surface area contributed by atoms with Crippen molar-refractivity contribution in [2.45, 2.75) is 35.4 Å². The molecule has 1 saturated heterocycles. The first-order valence-electron chi connectivity index (χ1n) is 8.84. The molecule has 28 heavy (non-hydrogen) atoms. The Morgan fingerprint density at radius 1 is 1.18 bits per heavy atom. The van der Waals surface area contributed by atoms with Crippen molar-refractivity contribution < 1.29 is 20.1 Å². The molecule has 1 aliphatic rings. The highest BCUT2D eigenvalue weighted by Crippen LogP contribution is 2.37. The smallest absolute Gasteiger partial charge is 0.172 e. The third-order valence-corrected chi connectivity index (χ3v) is 5.69. The fourth-order valence-corrected chi connectivity index (χ4v) is 4.19. The third-order valence-electron chi connectivity index (χ3n) is 4.66. The molecular weight excluding hydrogens is 382 g/mol. The van der Waals surface area contributed by atoms with E-state index in [9.17, 15) is 15.3 Å². The van der Waals surface area contributed by atoms with Gasteiger partial charge in [0.2, 0.25) is 0 Å². The summed E-state index contributed by atoms with van der Waals surface area (Å²) in [6, 6.07) is 9.93. The van der Waals surface area contributed by atoms with E-state index in [1.165, 1.54) is 18.1 Å². The van der Waals surface area contributed by atoms with Crippen LogP contribution in [0.15, 0.2) is 41.8 Å². The second-order valence-electron chi connectivity index (χ2n) is 6.41. The molecule has 4 N–H and O–H groups in total. The van der Waals surface area contributed by atoms with Gasteiger partial charge in [0.1, 0.15) is 24.6 Å². The molecule has 0 amide bonds. The summed E-state index contributed by atoms with van der Waals surface area (Å²) in [7, 11) is 1.74. The lowest BCUT2D eigenvalue weighted by atomic mass is 10.1. The SMILES string of the molecule is CNc1ncnc2c1nc(SCc1ccccc1)n2[C@@H]1O[C@H](CO)[C@@H](O)[C@H]1O. The van der Waals surface area contributed by atoms with Crippen LogP contribution in [0.3, 0.4) is 0 Å². The Morgan fingerprint density at radius 3 is 2.64 bits per heavy atom. The maximum Gasteiger partial charge on any atom is 0.172 e. The van der Waals surface area contributed by atoms with Gasteiger partial charge in [-0.15, -0.1) is 0 Å². The average Bonchev–Trinajstić information content (AvgIpc) is 3.24. The average molecular weight is 403 g/mol. The van der Waals surface area contributed by atoms with Gasteiger partial charge in [-0.2, -0.15) is 0 Å². The molecule has 9 nitrogen and oxygen atoms in total. The molecule has 0 unspecified atom stereocenters. The third kappa shape index (κ3) is 3.33. The Labute approximate surface area is 165 Å². The fraction of sp³-hybridized carbons (Fsp3) is 0.389. The Morgan fingerprint density at radius 2 is 1.96 bits per heavy atom.